The van der Waals surface area contributed by atoms with Crippen molar-refractivity contribution in [3.05, 3.63) is 34.5 Å². The lowest BCUT2D eigenvalue weighted by Gasteiger charge is -2.12. The van der Waals surface area contributed by atoms with Crippen molar-refractivity contribution in [2.75, 3.05) is 11.9 Å². The Labute approximate surface area is 103 Å². The predicted octanol–water partition coefficient (Wildman–Crippen LogP) is 1.43. The molecule has 0 aliphatic heterocycles. The van der Waals surface area contributed by atoms with E-state index < -0.39 is 4.92 Å². The van der Waals surface area contributed by atoms with Gasteiger partial charge in [-0.05, 0) is 17.4 Å². The van der Waals surface area contributed by atoms with Crippen molar-refractivity contribution in [1.29, 1.82) is 0 Å². The fourth-order valence-electron chi connectivity index (χ4n) is 1.72. The zero-order valence-electron chi connectivity index (χ0n) is 9.91. The molecule has 0 fully saturated rings. The number of nitro groups is 1. The first-order valence-corrected chi connectivity index (χ1v) is 5.66. The van der Waals surface area contributed by atoms with E-state index in [0.29, 0.717) is 12.1 Å². The summed E-state index contributed by atoms with van der Waals surface area (Å²) in [5, 5.41) is 23.1. The van der Waals surface area contributed by atoms with Crippen LogP contribution in [0.5, 0.6) is 0 Å². The van der Waals surface area contributed by atoms with Crippen molar-refractivity contribution in [3.63, 3.8) is 0 Å². The number of aliphatic hydroxyl groups is 1. The van der Waals surface area contributed by atoms with E-state index in [1.807, 2.05) is 6.92 Å². The van der Waals surface area contributed by atoms with Crippen molar-refractivity contribution < 1.29 is 10.0 Å². The number of nitrogens with one attached hydrogen (secondary N) is 1. The predicted molar refractivity (Wildman–Crippen MR) is 66.6 cm³/mol. The van der Waals surface area contributed by atoms with Crippen molar-refractivity contribution in [1.82, 2.24) is 9.38 Å². The van der Waals surface area contributed by atoms with E-state index in [4.69, 9.17) is 5.11 Å². The molecular formula is C11H14N4O3. The third-order valence-electron chi connectivity index (χ3n) is 2.73. The molecule has 2 heterocycles. The Bertz CT molecular complexity index is 562. The Hall–Kier alpha value is -2.15. The van der Waals surface area contributed by atoms with Gasteiger partial charge in [-0.3, -0.25) is 0 Å². The Morgan fingerprint density at radius 2 is 2.39 bits per heavy atom. The highest BCUT2D eigenvalue weighted by molar-refractivity contribution is 5.62. The lowest BCUT2D eigenvalue weighted by atomic mass is 10.2. The minimum absolute atomic E-state index is 0.0957. The summed E-state index contributed by atoms with van der Waals surface area (Å²) >= 11 is 0. The summed E-state index contributed by atoms with van der Waals surface area (Å²) in [5.74, 6) is 0.0737. The molecule has 0 saturated heterocycles. The van der Waals surface area contributed by atoms with E-state index in [1.54, 1.807) is 24.4 Å². The zero-order valence-corrected chi connectivity index (χ0v) is 9.91. The van der Waals surface area contributed by atoms with Crippen LogP contribution in [-0.4, -0.2) is 32.1 Å². The van der Waals surface area contributed by atoms with E-state index in [2.05, 4.69) is 10.3 Å². The van der Waals surface area contributed by atoms with Crippen molar-refractivity contribution in [3.8, 4) is 0 Å². The summed E-state index contributed by atoms with van der Waals surface area (Å²) in [6.45, 7) is 1.79. The van der Waals surface area contributed by atoms with Crippen LogP contribution in [0.2, 0.25) is 0 Å². The molecule has 2 rings (SSSR count). The maximum absolute atomic E-state index is 11.1. The average molecular weight is 250 g/mol. The molecule has 0 bridgehead atoms. The molecule has 0 amide bonds. The smallest absolute Gasteiger partial charge is 0.372 e. The van der Waals surface area contributed by atoms with Gasteiger partial charge in [0.25, 0.3) is 0 Å². The first-order valence-electron chi connectivity index (χ1n) is 5.66. The first-order chi connectivity index (χ1) is 8.67. The van der Waals surface area contributed by atoms with Crippen molar-refractivity contribution in [2.24, 2.45) is 0 Å². The Morgan fingerprint density at radius 1 is 1.61 bits per heavy atom. The number of imidazole rings is 1. The highest BCUT2D eigenvalue weighted by atomic mass is 16.6. The summed E-state index contributed by atoms with van der Waals surface area (Å²) in [6, 6.07) is 4.92. The van der Waals surface area contributed by atoms with Gasteiger partial charge in [-0.25, -0.2) is 0 Å². The molecule has 2 aromatic rings. The number of fused-ring (bicyclic) bond motifs is 1. The highest BCUT2D eigenvalue weighted by Gasteiger charge is 2.23. The van der Waals surface area contributed by atoms with Gasteiger partial charge in [-0.15, -0.1) is 0 Å². The van der Waals surface area contributed by atoms with Crippen LogP contribution in [0.15, 0.2) is 24.4 Å². The van der Waals surface area contributed by atoms with Gasteiger partial charge < -0.3 is 20.5 Å². The summed E-state index contributed by atoms with van der Waals surface area (Å²) in [4.78, 5) is 14.8. The summed E-state index contributed by atoms with van der Waals surface area (Å²) in [6.07, 6.45) is 2.24. The van der Waals surface area contributed by atoms with Crippen LogP contribution in [0, 0.1) is 10.1 Å². The Kier molecular flexibility index (Phi) is 3.42. The van der Waals surface area contributed by atoms with Gasteiger partial charge >= 0.3 is 5.82 Å². The van der Waals surface area contributed by atoms with Gasteiger partial charge in [0.15, 0.2) is 0 Å². The fraction of sp³-hybridized carbons (Fsp3) is 0.364. The molecule has 18 heavy (non-hydrogen) atoms. The molecule has 2 aromatic heterocycles. The molecule has 7 nitrogen and oxygen atoms in total. The molecule has 96 valence electrons. The molecule has 0 saturated carbocycles. The van der Waals surface area contributed by atoms with E-state index >= 15 is 0 Å². The van der Waals surface area contributed by atoms with Crippen molar-refractivity contribution >= 4 is 17.3 Å². The molecule has 0 aliphatic rings. The number of hydrogen-bond donors (Lipinski definition) is 2. The van der Waals surface area contributed by atoms with Gasteiger partial charge in [0.1, 0.15) is 0 Å². The molecule has 0 aliphatic carbocycles. The number of aliphatic hydroxyl groups excluding tert-OH is 1. The largest absolute Gasteiger partial charge is 0.394 e. The number of aromatic nitrogens is 2. The molecule has 0 radical (unpaired) electrons. The van der Waals surface area contributed by atoms with E-state index in [9.17, 15) is 10.1 Å². The molecule has 0 unspecified atom stereocenters. The fourth-order valence-corrected chi connectivity index (χ4v) is 1.72. The van der Waals surface area contributed by atoms with E-state index in [1.165, 1.54) is 4.40 Å². The average Bonchev–Trinajstić information content (AvgIpc) is 2.73. The SMILES string of the molecule is CC[C@H](CO)Nc1nc2ccccn2c1[N+](=O)[O-]. The van der Waals surface area contributed by atoms with Crippen LogP contribution in [0.4, 0.5) is 11.6 Å². The van der Waals surface area contributed by atoms with Crippen LogP contribution in [-0.2, 0) is 0 Å². The second-order valence-electron chi connectivity index (χ2n) is 3.90. The van der Waals surface area contributed by atoms with Crippen LogP contribution < -0.4 is 5.32 Å². The number of rotatable bonds is 5. The molecule has 0 spiro atoms. The zero-order chi connectivity index (χ0) is 13.1. The standard InChI is InChI=1S/C11H14N4O3/c1-2-8(7-16)12-10-11(15(17)18)14-6-4-3-5-9(14)13-10/h3-6,8,12,16H,2,7H2,1H3/t8-/m1/s1. The van der Waals surface area contributed by atoms with Gasteiger partial charge in [-0.2, -0.15) is 9.38 Å². The van der Waals surface area contributed by atoms with Gasteiger partial charge in [0.05, 0.1) is 18.8 Å². The van der Waals surface area contributed by atoms with E-state index in [0.717, 1.165) is 0 Å². The van der Waals surface area contributed by atoms with Crippen LogP contribution in [0.3, 0.4) is 0 Å². The normalized spacial score (nSPS) is 12.6. The number of anilines is 1. The topological polar surface area (TPSA) is 92.7 Å². The molecular weight excluding hydrogens is 236 g/mol. The third-order valence-corrected chi connectivity index (χ3v) is 2.73. The molecule has 2 N–H and O–H groups in total. The summed E-state index contributed by atoms with van der Waals surface area (Å²) < 4.78 is 1.41. The van der Waals surface area contributed by atoms with Crippen LogP contribution in [0.25, 0.3) is 5.65 Å². The Balaban J connectivity index is 2.49. The molecule has 7 heteroatoms. The monoisotopic (exact) mass is 250 g/mol. The van der Waals surface area contributed by atoms with Crippen LogP contribution in [0.1, 0.15) is 13.3 Å². The van der Waals surface area contributed by atoms with Crippen molar-refractivity contribution in [2.45, 2.75) is 19.4 Å². The van der Waals surface area contributed by atoms with Gasteiger partial charge in [-0.1, -0.05) is 13.0 Å². The first kappa shape index (κ1) is 12.3. The molecule has 0 aromatic carbocycles. The second-order valence-corrected chi connectivity index (χ2v) is 3.90. The lowest BCUT2D eigenvalue weighted by molar-refractivity contribution is -0.389. The van der Waals surface area contributed by atoms with E-state index in [-0.39, 0.29) is 24.3 Å². The number of nitrogens with zero attached hydrogens (tertiary/aromatic N) is 3. The third kappa shape index (κ3) is 2.12. The maximum atomic E-state index is 11.1. The van der Waals surface area contributed by atoms with Crippen LogP contribution >= 0.6 is 0 Å². The van der Waals surface area contributed by atoms with Gasteiger partial charge in [0.2, 0.25) is 11.5 Å². The number of pyridine rings is 1. The van der Waals surface area contributed by atoms with Gasteiger partial charge in [0, 0.05) is 6.07 Å². The summed E-state index contributed by atoms with van der Waals surface area (Å²) in [5.41, 5.74) is 0.500. The molecule has 1 atom stereocenters. The minimum atomic E-state index is -0.480. The second kappa shape index (κ2) is 5.01. The quantitative estimate of drug-likeness (QED) is 0.618. The maximum Gasteiger partial charge on any atom is 0.372 e. The number of hydrogen-bond acceptors (Lipinski definition) is 5. The highest BCUT2D eigenvalue weighted by Crippen LogP contribution is 2.25. The Morgan fingerprint density at radius 3 is 3.00 bits per heavy atom. The lowest BCUT2D eigenvalue weighted by Crippen LogP contribution is -2.23. The minimum Gasteiger partial charge on any atom is -0.394 e. The summed E-state index contributed by atoms with van der Waals surface area (Å²) in [7, 11) is 0.